The van der Waals surface area contributed by atoms with E-state index < -0.39 is 17.8 Å². The van der Waals surface area contributed by atoms with Gasteiger partial charge in [0.15, 0.2) is 0 Å². The second kappa shape index (κ2) is 8.03. The predicted octanol–water partition coefficient (Wildman–Crippen LogP) is 3.66. The van der Waals surface area contributed by atoms with Crippen molar-refractivity contribution in [1.82, 2.24) is 0 Å². The minimum absolute atomic E-state index is 0.209. The molecule has 0 saturated heterocycles. The van der Waals surface area contributed by atoms with Gasteiger partial charge in [0.1, 0.15) is 5.00 Å². The van der Waals surface area contributed by atoms with Crippen LogP contribution in [0.15, 0.2) is 12.2 Å². The Morgan fingerprint density at radius 3 is 2.62 bits per heavy atom. The van der Waals surface area contributed by atoms with Crippen LogP contribution >= 0.6 is 11.3 Å². The lowest BCUT2D eigenvalue weighted by atomic mass is 9.69. The summed E-state index contributed by atoms with van der Waals surface area (Å²) in [4.78, 5) is 35.9. The number of hydrogen-bond donors (Lipinski definition) is 2. The first-order chi connectivity index (χ1) is 12.2. The van der Waals surface area contributed by atoms with Crippen LogP contribution in [0.5, 0.6) is 0 Å². The lowest BCUT2D eigenvalue weighted by Gasteiger charge is -2.36. The lowest BCUT2D eigenvalue weighted by Crippen LogP contribution is -2.28. The first-order valence-electron chi connectivity index (χ1n) is 8.64. The van der Waals surface area contributed by atoms with E-state index in [4.69, 9.17) is 9.84 Å². The van der Waals surface area contributed by atoms with E-state index in [9.17, 15) is 14.4 Å². The number of fused-ring (bicyclic) bond motifs is 1. The molecule has 1 aliphatic rings. The number of carbonyl (C=O) groups is 3. The molecule has 0 radical (unpaired) electrons. The minimum Gasteiger partial charge on any atom is -0.478 e. The van der Waals surface area contributed by atoms with Gasteiger partial charge in [-0.1, -0.05) is 27.2 Å². The molecule has 0 aliphatic heterocycles. The summed E-state index contributed by atoms with van der Waals surface area (Å²) in [6, 6.07) is 0. The first kappa shape index (κ1) is 20.2. The fraction of sp³-hybridized carbons (Fsp3) is 0.526. The molecular formula is C19H25NO5S. The summed E-state index contributed by atoms with van der Waals surface area (Å²) in [5.41, 5.74) is 1.56. The van der Waals surface area contributed by atoms with Crippen LogP contribution in [0.2, 0.25) is 0 Å². The molecule has 1 amide bonds. The number of thiophene rings is 1. The maximum atomic E-state index is 12.3. The summed E-state index contributed by atoms with van der Waals surface area (Å²) in [6.45, 7) is 6.71. The third kappa shape index (κ3) is 4.33. The number of rotatable bonds is 6. The molecule has 142 valence electrons. The van der Waals surface area contributed by atoms with Crippen LogP contribution in [0, 0.1) is 11.3 Å². The highest BCUT2D eigenvalue weighted by molar-refractivity contribution is 7.17. The van der Waals surface area contributed by atoms with Crippen LogP contribution < -0.4 is 5.32 Å². The summed E-state index contributed by atoms with van der Waals surface area (Å²) >= 11 is 1.38. The molecule has 1 aromatic rings. The van der Waals surface area contributed by atoms with Crippen LogP contribution in [0.4, 0.5) is 5.00 Å². The Morgan fingerprint density at radius 2 is 2.04 bits per heavy atom. The average molecular weight is 379 g/mol. The van der Waals surface area contributed by atoms with E-state index in [0.29, 0.717) is 16.5 Å². The van der Waals surface area contributed by atoms with Gasteiger partial charge >= 0.3 is 11.9 Å². The molecule has 2 N–H and O–H groups in total. The molecule has 6 nitrogen and oxygen atoms in total. The van der Waals surface area contributed by atoms with Crippen molar-refractivity contribution in [3.63, 3.8) is 0 Å². The van der Waals surface area contributed by atoms with Crippen molar-refractivity contribution >= 4 is 34.2 Å². The predicted molar refractivity (Wildman–Crippen MR) is 101 cm³/mol. The fourth-order valence-electron chi connectivity index (χ4n) is 3.25. The van der Waals surface area contributed by atoms with Gasteiger partial charge in [-0.05, 0) is 36.2 Å². The number of aliphatic carboxylic acids is 1. The van der Waals surface area contributed by atoms with E-state index in [-0.39, 0.29) is 5.41 Å². The zero-order valence-electron chi connectivity index (χ0n) is 15.5. The van der Waals surface area contributed by atoms with Crippen LogP contribution in [0.25, 0.3) is 0 Å². The van der Waals surface area contributed by atoms with Gasteiger partial charge < -0.3 is 15.2 Å². The number of nitrogens with one attached hydrogen (secondary N) is 1. The monoisotopic (exact) mass is 379 g/mol. The van der Waals surface area contributed by atoms with Crippen molar-refractivity contribution in [2.45, 2.75) is 46.5 Å². The summed E-state index contributed by atoms with van der Waals surface area (Å²) in [5, 5.41) is 11.7. The van der Waals surface area contributed by atoms with Crippen LogP contribution in [-0.2, 0) is 27.2 Å². The minimum atomic E-state index is -1.21. The molecule has 7 heteroatoms. The van der Waals surface area contributed by atoms with Gasteiger partial charge in [-0.2, -0.15) is 0 Å². The van der Waals surface area contributed by atoms with E-state index >= 15 is 0 Å². The molecule has 0 unspecified atom stereocenters. The number of amides is 1. The highest BCUT2D eigenvalue weighted by atomic mass is 32.1. The highest BCUT2D eigenvalue weighted by Gasteiger charge is 2.35. The topological polar surface area (TPSA) is 92.7 Å². The maximum absolute atomic E-state index is 12.3. The number of carbonyl (C=O) groups excluding carboxylic acids is 2. The largest absolute Gasteiger partial charge is 0.478 e. The number of anilines is 1. The molecule has 0 aromatic carbocycles. The van der Waals surface area contributed by atoms with Gasteiger partial charge in [-0.3, -0.25) is 4.79 Å². The second-order valence-electron chi connectivity index (χ2n) is 7.14. The maximum Gasteiger partial charge on any atom is 0.341 e. The first-order valence-corrected chi connectivity index (χ1v) is 9.46. The number of carboxylic acids is 1. The van der Waals surface area contributed by atoms with Gasteiger partial charge in [-0.15, -0.1) is 11.3 Å². The molecule has 0 spiro atoms. The van der Waals surface area contributed by atoms with Gasteiger partial charge in [0.2, 0.25) is 5.91 Å². The average Bonchev–Trinajstić information content (AvgIpc) is 2.96. The van der Waals surface area contributed by atoms with Crippen molar-refractivity contribution < 1.29 is 24.2 Å². The van der Waals surface area contributed by atoms with Gasteiger partial charge in [-0.25, -0.2) is 9.59 Å². The lowest BCUT2D eigenvalue weighted by molar-refractivity contribution is -0.131. The van der Waals surface area contributed by atoms with Crippen LogP contribution in [-0.4, -0.2) is 30.1 Å². The zero-order valence-corrected chi connectivity index (χ0v) is 16.4. The smallest absolute Gasteiger partial charge is 0.341 e. The number of methoxy groups -OCH3 is 1. The number of hydrogen-bond acceptors (Lipinski definition) is 5. The molecule has 0 fully saturated rings. The Morgan fingerprint density at radius 1 is 1.35 bits per heavy atom. The Bertz CT molecular complexity index is 747. The Hall–Kier alpha value is -2.15. The van der Waals surface area contributed by atoms with E-state index in [2.05, 4.69) is 26.1 Å². The molecule has 26 heavy (non-hydrogen) atoms. The van der Waals surface area contributed by atoms with Gasteiger partial charge in [0.05, 0.1) is 12.7 Å². The quantitative estimate of drug-likeness (QED) is 0.581. The summed E-state index contributed by atoms with van der Waals surface area (Å²) in [7, 11) is 1.31. The van der Waals surface area contributed by atoms with Crippen LogP contribution in [0.1, 0.15) is 54.4 Å². The normalized spacial score (nSPS) is 17.0. The van der Waals surface area contributed by atoms with Gasteiger partial charge in [0, 0.05) is 17.0 Å². The molecule has 1 aromatic heterocycles. The molecule has 2 rings (SSSR count). The Kier molecular flexibility index (Phi) is 6.23. The molecule has 1 aliphatic carbocycles. The van der Waals surface area contributed by atoms with E-state index in [1.54, 1.807) is 0 Å². The van der Waals surface area contributed by atoms with Crippen LogP contribution in [0.3, 0.4) is 0 Å². The molecule has 0 bridgehead atoms. The second-order valence-corrected chi connectivity index (χ2v) is 8.25. The molecule has 1 heterocycles. The molecule has 1 atom stereocenters. The van der Waals surface area contributed by atoms with E-state index in [1.807, 2.05) is 0 Å². The third-order valence-electron chi connectivity index (χ3n) is 5.29. The fourth-order valence-corrected chi connectivity index (χ4v) is 4.57. The summed E-state index contributed by atoms with van der Waals surface area (Å²) in [6.07, 6.45) is 5.40. The molecular weight excluding hydrogens is 354 g/mol. The number of carboxylic acid groups (broad SMARTS) is 1. The highest BCUT2D eigenvalue weighted by Crippen LogP contribution is 2.45. The number of esters is 1. The SMILES string of the molecule is CCC(C)(C)[C@H]1CCc2c(sc(NC(=O)/C=C\C(=O)O)c2C(=O)OC)C1. The summed E-state index contributed by atoms with van der Waals surface area (Å²) < 4.78 is 4.90. The third-order valence-corrected chi connectivity index (χ3v) is 6.45. The van der Waals surface area contributed by atoms with E-state index in [1.165, 1.54) is 18.4 Å². The zero-order chi connectivity index (χ0) is 19.5. The standard InChI is InChI=1S/C19H25NO5S/c1-5-19(2,3)11-6-7-12-13(10-11)26-17(16(12)18(24)25-4)20-14(21)8-9-15(22)23/h8-9,11H,5-7,10H2,1-4H3,(H,20,21)(H,22,23)/b9-8-/t11-/m0/s1. The summed E-state index contributed by atoms with van der Waals surface area (Å²) in [5.74, 6) is -1.75. The van der Waals surface area contributed by atoms with Crippen molar-refractivity contribution in [1.29, 1.82) is 0 Å². The number of ether oxygens (including phenoxy) is 1. The van der Waals surface area contributed by atoms with Crippen molar-refractivity contribution in [3.8, 4) is 0 Å². The molecule has 0 saturated carbocycles. The van der Waals surface area contributed by atoms with Crippen molar-refractivity contribution in [2.24, 2.45) is 11.3 Å². The van der Waals surface area contributed by atoms with Gasteiger partial charge in [0.25, 0.3) is 0 Å². The Balaban J connectivity index is 2.34. The van der Waals surface area contributed by atoms with Crippen molar-refractivity contribution in [2.75, 3.05) is 12.4 Å². The Labute approximate surface area is 157 Å². The van der Waals surface area contributed by atoms with Crippen molar-refractivity contribution in [3.05, 3.63) is 28.2 Å². The van der Waals surface area contributed by atoms with E-state index in [0.717, 1.165) is 48.3 Å².